The quantitative estimate of drug-likeness (QED) is 0.226. The third kappa shape index (κ3) is 5.72. The van der Waals surface area contributed by atoms with Crippen LogP contribution in [-0.4, -0.2) is 55.0 Å². The summed E-state index contributed by atoms with van der Waals surface area (Å²) in [5.74, 6) is 0.853. The number of amides is 1. The van der Waals surface area contributed by atoms with Crippen LogP contribution in [0, 0.1) is 0 Å². The molecule has 0 aliphatic carbocycles. The summed E-state index contributed by atoms with van der Waals surface area (Å²) in [6.07, 6.45) is 9.57. The molecule has 0 spiro atoms. The van der Waals surface area contributed by atoms with Crippen molar-refractivity contribution in [2.24, 2.45) is 0 Å². The van der Waals surface area contributed by atoms with E-state index < -0.39 is 0 Å². The fraction of sp³-hybridized carbons (Fsp3) is 0.350. The van der Waals surface area contributed by atoms with E-state index in [4.69, 9.17) is 9.47 Å². The largest absolute Gasteiger partial charge is 0.473 e. The minimum Gasteiger partial charge on any atom is -0.473 e. The fourth-order valence-corrected chi connectivity index (χ4v) is 3.53. The van der Waals surface area contributed by atoms with Gasteiger partial charge in [-0.25, -0.2) is 19.9 Å². The molecular weight excluding hydrogens is 499 g/mol. The Morgan fingerprint density at radius 2 is 2.10 bits per heavy atom. The van der Waals surface area contributed by atoms with E-state index in [-0.39, 0.29) is 12.0 Å². The van der Waals surface area contributed by atoms with Crippen LogP contribution in [0.15, 0.2) is 37.4 Å². The van der Waals surface area contributed by atoms with Crippen molar-refractivity contribution in [3.63, 3.8) is 0 Å². The fourth-order valence-electron chi connectivity index (χ4n) is 2.83. The van der Waals surface area contributed by atoms with E-state index in [2.05, 4.69) is 59.4 Å². The lowest BCUT2D eigenvalue weighted by atomic mass is 10.2. The van der Waals surface area contributed by atoms with Crippen LogP contribution in [0.2, 0.25) is 0 Å². The Labute approximate surface area is 187 Å². The first kappa shape index (κ1) is 22.1. The van der Waals surface area contributed by atoms with Gasteiger partial charge < -0.3 is 19.8 Å². The van der Waals surface area contributed by atoms with Gasteiger partial charge >= 0.3 is 0 Å². The number of hydrogen-bond donors (Lipinski definition) is 2. The van der Waals surface area contributed by atoms with Gasteiger partial charge in [0.05, 0.1) is 6.20 Å². The van der Waals surface area contributed by atoms with Gasteiger partial charge in [-0.3, -0.25) is 4.79 Å². The lowest BCUT2D eigenvalue weighted by Crippen LogP contribution is -2.28. The topological polar surface area (TPSA) is 115 Å². The highest BCUT2D eigenvalue weighted by atomic mass is 127. The van der Waals surface area contributed by atoms with Crippen molar-refractivity contribution in [2.75, 3.05) is 18.1 Å². The lowest BCUT2D eigenvalue weighted by Gasteiger charge is -2.17. The average molecular weight is 522 g/mol. The molecule has 158 valence electrons. The Morgan fingerprint density at radius 1 is 1.30 bits per heavy atom. The van der Waals surface area contributed by atoms with Gasteiger partial charge in [0, 0.05) is 54.2 Å². The third-order valence-corrected chi connectivity index (χ3v) is 4.94. The van der Waals surface area contributed by atoms with Crippen molar-refractivity contribution in [1.29, 1.82) is 0 Å². The predicted octanol–water partition coefficient (Wildman–Crippen LogP) is 2.83. The monoisotopic (exact) mass is 522 g/mol. The van der Waals surface area contributed by atoms with E-state index in [0.717, 1.165) is 22.0 Å². The molecule has 3 rings (SSSR count). The van der Waals surface area contributed by atoms with Crippen LogP contribution >= 0.6 is 22.6 Å². The summed E-state index contributed by atoms with van der Waals surface area (Å²) in [5.41, 5.74) is 3.00. The maximum absolute atomic E-state index is 11.3. The normalized spacial score (nSPS) is 11.9. The Balaban J connectivity index is 1.77. The zero-order valence-corrected chi connectivity index (χ0v) is 18.8. The molecule has 1 unspecified atom stereocenters. The second kappa shape index (κ2) is 11.0. The number of rotatable bonds is 11. The van der Waals surface area contributed by atoms with Crippen LogP contribution in [0.1, 0.15) is 18.7 Å². The maximum Gasteiger partial charge on any atom is 0.243 e. The van der Waals surface area contributed by atoms with Gasteiger partial charge in [0.15, 0.2) is 11.5 Å². The van der Waals surface area contributed by atoms with Gasteiger partial charge in [0.25, 0.3) is 0 Å². The predicted molar refractivity (Wildman–Crippen MR) is 121 cm³/mol. The molecule has 0 aromatic carbocycles. The zero-order chi connectivity index (χ0) is 21.3. The van der Waals surface area contributed by atoms with Gasteiger partial charge in [-0.15, -0.1) is 0 Å². The molecule has 9 nitrogen and oxygen atoms in total. The van der Waals surface area contributed by atoms with Gasteiger partial charge in [-0.05, 0) is 12.5 Å². The first-order valence-corrected chi connectivity index (χ1v) is 10.9. The number of H-pyrrole nitrogens is 1. The number of aromatic amines is 1. The minimum atomic E-state index is -0.194. The van der Waals surface area contributed by atoms with Crippen LogP contribution in [0.25, 0.3) is 22.3 Å². The average Bonchev–Trinajstić information content (AvgIpc) is 3.18. The molecule has 2 N–H and O–H groups in total. The second-order valence-electron chi connectivity index (χ2n) is 6.43. The summed E-state index contributed by atoms with van der Waals surface area (Å²) >= 11 is 2.31. The zero-order valence-electron chi connectivity index (χ0n) is 16.6. The number of alkyl halides is 1. The van der Waals surface area contributed by atoms with Crippen molar-refractivity contribution >= 4 is 39.7 Å². The van der Waals surface area contributed by atoms with Gasteiger partial charge in [-0.1, -0.05) is 29.2 Å². The van der Waals surface area contributed by atoms with Crippen molar-refractivity contribution in [2.45, 2.75) is 25.6 Å². The molecule has 1 amide bonds. The number of fused-ring (bicyclic) bond motifs is 1. The first-order chi connectivity index (χ1) is 14.6. The highest BCUT2D eigenvalue weighted by Crippen LogP contribution is 2.27. The molecule has 0 aliphatic heterocycles. The van der Waals surface area contributed by atoms with E-state index in [1.165, 1.54) is 6.08 Å². The van der Waals surface area contributed by atoms with E-state index in [9.17, 15) is 4.79 Å². The number of aromatic nitrogens is 5. The van der Waals surface area contributed by atoms with Gasteiger partial charge in [0.2, 0.25) is 11.8 Å². The Hall–Kier alpha value is -2.60. The van der Waals surface area contributed by atoms with Crippen molar-refractivity contribution < 1.29 is 14.3 Å². The Bertz CT molecular complexity index is 992. The molecule has 0 radical (unpaired) electrons. The molecule has 3 aromatic rings. The SMILES string of the molecule is C=CC(=O)NCCC(CCI)Oc1cnc2[nH]cc(-c3cnc(COC)nc3)c2n1. The number of methoxy groups -OCH3 is 1. The number of nitrogens with zero attached hydrogens (tertiary/aromatic N) is 4. The van der Waals surface area contributed by atoms with Gasteiger partial charge in [0.1, 0.15) is 18.2 Å². The van der Waals surface area contributed by atoms with Crippen molar-refractivity contribution in [1.82, 2.24) is 30.2 Å². The van der Waals surface area contributed by atoms with E-state index in [0.29, 0.717) is 42.4 Å². The standard InChI is InChI=1S/C20H23IN6O3/c1-3-17(28)22-7-5-14(4-6-21)30-18-11-26-20-19(27-18)15(10-25-20)13-8-23-16(12-29-2)24-9-13/h3,8-11,14H,1,4-7,12H2,2H3,(H,22,28)(H,25,26). The van der Waals surface area contributed by atoms with Crippen molar-refractivity contribution in [3.8, 4) is 17.0 Å². The Morgan fingerprint density at radius 3 is 2.80 bits per heavy atom. The number of ether oxygens (including phenoxy) is 2. The highest BCUT2D eigenvalue weighted by molar-refractivity contribution is 14.1. The molecule has 3 heterocycles. The maximum atomic E-state index is 11.3. The first-order valence-electron chi connectivity index (χ1n) is 9.41. The molecule has 1 atom stereocenters. The van der Waals surface area contributed by atoms with Crippen LogP contribution in [0.5, 0.6) is 5.88 Å². The van der Waals surface area contributed by atoms with Crippen LogP contribution in [0.3, 0.4) is 0 Å². The number of nitrogens with one attached hydrogen (secondary N) is 2. The Kier molecular flexibility index (Phi) is 8.08. The number of hydrogen-bond acceptors (Lipinski definition) is 7. The van der Waals surface area contributed by atoms with Crippen molar-refractivity contribution in [3.05, 3.63) is 43.3 Å². The number of carbonyl (C=O) groups excluding carboxylic acids is 1. The molecular formula is C20H23IN6O3. The second-order valence-corrected chi connectivity index (χ2v) is 7.51. The molecule has 0 bridgehead atoms. The molecule has 30 heavy (non-hydrogen) atoms. The molecule has 10 heteroatoms. The summed E-state index contributed by atoms with van der Waals surface area (Å²) in [6.45, 7) is 4.31. The number of carbonyl (C=O) groups is 1. The molecule has 0 saturated heterocycles. The molecule has 0 saturated carbocycles. The summed E-state index contributed by atoms with van der Waals surface area (Å²) in [4.78, 5) is 32.1. The third-order valence-electron chi connectivity index (χ3n) is 4.32. The van der Waals surface area contributed by atoms with Crippen LogP contribution in [0.4, 0.5) is 0 Å². The molecule has 0 fully saturated rings. The summed E-state index contributed by atoms with van der Waals surface area (Å²) in [5, 5.41) is 2.77. The smallest absolute Gasteiger partial charge is 0.243 e. The summed E-state index contributed by atoms with van der Waals surface area (Å²) in [6, 6.07) is 0. The van der Waals surface area contributed by atoms with E-state index in [1.807, 2.05) is 6.20 Å². The van der Waals surface area contributed by atoms with Gasteiger partial charge in [-0.2, -0.15) is 0 Å². The molecule has 3 aromatic heterocycles. The summed E-state index contributed by atoms with van der Waals surface area (Å²) < 4.78 is 12.0. The number of halogens is 1. The summed E-state index contributed by atoms with van der Waals surface area (Å²) in [7, 11) is 1.60. The van der Waals surface area contributed by atoms with E-state index >= 15 is 0 Å². The van der Waals surface area contributed by atoms with E-state index in [1.54, 1.807) is 25.7 Å². The minimum absolute atomic E-state index is 0.0854. The lowest BCUT2D eigenvalue weighted by molar-refractivity contribution is -0.116. The van der Waals surface area contributed by atoms with Crippen LogP contribution < -0.4 is 10.1 Å². The highest BCUT2D eigenvalue weighted by Gasteiger charge is 2.15. The molecule has 0 aliphatic rings. The van der Waals surface area contributed by atoms with Crippen LogP contribution in [-0.2, 0) is 16.1 Å².